The first kappa shape index (κ1) is 47.0. The zero-order valence-corrected chi connectivity index (χ0v) is 32.0. The number of allylic oxidation sites excluding steroid dienone is 1. The average Bonchev–Trinajstić information content (AvgIpc) is 3.09. The third-order valence-electron chi connectivity index (χ3n) is 9.99. The highest BCUT2D eigenvalue weighted by Gasteiger charge is 2.28. The average molecular weight is 682 g/mol. The maximum absolute atomic E-state index is 12.4. The van der Waals surface area contributed by atoms with E-state index >= 15 is 0 Å². The number of amides is 1. The van der Waals surface area contributed by atoms with Crippen molar-refractivity contribution in [1.82, 2.24) is 5.32 Å². The molecule has 0 aliphatic heterocycles. The standard InChI is InChI=1S/C42H83NO5/c1-3-5-7-9-11-13-15-17-19-20-21-22-24-25-27-29-31-33-35-39(45)41(47)38(37-44)43-42(48)40(46)36-34-32-30-28-26-23-18-16-14-12-10-8-6-4-2/h32,34,38-41,44-47H,3-31,33,35-37H2,1-2H3,(H,43,48). The molecule has 0 rings (SSSR count). The highest BCUT2D eigenvalue weighted by molar-refractivity contribution is 5.81. The second kappa shape index (κ2) is 37.3. The van der Waals surface area contributed by atoms with Crippen LogP contribution in [0.15, 0.2) is 12.2 Å². The summed E-state index contributed by atoms with van der Waals surface area (Å²) in [6.07, 6.45) is 39.6. The number of rotatable bonds is 38. The molecule has 286 valence electrons. The van der Waals surface area contributed by atoms with Crippen molar-refractivity contribution in [3.05, 3.63) is 12.2 Å². The van der Waals surface area contributed by atoms with Crippen molar-refractivity contribution < 1.29 is 25.2 Å². The van der Waals surface area contributed by atoms with Gasteiger partial charge in [-0.3, -0.25) is 4.79 Å². The van der Waals surface area contributed by atoms with E-state index in [0.717, 1.165) is 32.1 Å². The number of aliphatic hydroxyl groups is 4. The van der Waals surface area contributed by atoms with Crippen LogP contribution in [0.5, 0.6) is 0 Å². The second-order valence-corrected chi connectivity index (χ2v) is 14.7. The Labute approximate surface area is 298 Å². The highest BCUT2D eigenvalue weighted by atomic mass is 16.3. The van der Waals surface area contributed by atoms with Crippen molar-refractivity contribution in [2.45, 2.75) is 244 Å². The van der Waals surface area contributed by atoms with E-state index in [4.69, 9.17) is 0 Å². The van der Waals surface area contributed by atoms with E-state index in [-0.39, 0.29) is 6.42 Å². The smallest absolute Gasteiger partial charge is 0.249 e. The molecular weight excluding hydrogens is 598 g/mol. The van der Waals surface area contributed by atoms with E-state index in [1.807, 2.05) is 12.2 Å². The summed E-state index contributed by atoms with van der Waals surface area (Å²) in [6.45, 7) is 4.03. The molecule has 4 unspecified atom stereocenters. The summed E-state index contributed by atoms with van der Waals surface area (Å²) in [5, 5.41) is 43.5. The third-order valence-corrected chi connectivity index (χ3v) is 9.99. The summed E-state index contributed by atoms with van der Waals surface area (Å²) >= 11 is 0. The summed E-state index contributed by atoms with van der Waals surface area (Å²) in [5.41, 5.74) is 0. The lowest BCUT2D eigenvalue weighted by atomic mass is 9.99. The highest BCUT2D eigenvalue weighted by Crippen LogP contribution is 2.16. The molecule has 0 spiro atoms. The molecule has 0 bridgehead atoms. The summed E-state index contributed by atoms with van der Waals surface area (Å²) < 4.78 is 0. The van der Waals surface area contributed by atoms with E-state index in [2.05, 4.69) is 19.2 Å². The van der Waals surface area contributed by atoms with Gasteiger partial charge >= 0.3 is 0 Å². The minimum Gasteiger partial charge on any atom is -0.394 e. The second-order valence-electron chi connectivity index (χ2n) is 14.7. The lowest BCUT2D eigenvalue weighted by Crippen LogP contribution is -2.53. The molecule has 0 aromatic rings. The molecule has 0 saturated carbocycles. The van der Waals surface area contributed by atoms with Gasteiger partial charge in [0.1, 0.15) is 12.2 Å². The number of nitrogens with one attached hydrogen (secondary N) is 1. The van der Waals surface area contributed by atoms with Gasteiger partial charge in [0, 0.05) is 6.42 Å². The predicted octanol–water partition coefficient (Wildman–Crippen LogP) is 10.6. The minimum absolute atomic E-state index is 0.194. The van der Waals surface area contributed by atoms with Gasteiger partial charge in [0.05, 0.1) is 18.8 Å². The van der Waals surface area contributed by atoms with Crippen LogP contribution in [0.2, 0.25) is 0 Å². The Balaban J connectivity index is 3.77. The Morgan fingerprint density at radius 2 is 0.875 bits per heavy atom. The zero-order valence-electron chi connectivity index (χ0n) is 32.0. The summed E-state index contributed by atoms with van der Waals surface area (Å²) in [5.74, 6) is -0.632. The van der Waals surface area contributed by atoms with Crippen LogP contribution in [0, 0.1) is 0 Å². The molecule has 0 heterocycles. The first-order chi connectivity index (χ1) is 23.5. The number of carbonyl (C=O) groups is 1. The normalized spacial score (nSPS) is 14.4. The van der Waals surface area contributed by atoms with Crippen LogP contribution >= 0.6 is 0 Å². The molecule has 6 nitrogen and oxygen atoms in total. The molecule has 1 amide bonds. The Bertz CT molecular complexity index is 687. The Hall–Kier alpha value is -0.950. The van der Waals surface area contributed by atoms with Crippen molar-refractivity contribution >= 4 is 5.91 Å². The van der Waals surface area contributed by atoms with Gasteiger partial charge in [0.2, 0.25) is 5.91 Å². The van der Waals surface area contributed by atoms with Gasteiger partial charge in [0.15, 0.2) is 0 Å². The van der Waals surface area contributed by atoms with Crippen molar-refractivity contribution in [2.75, 3.05) is 6.61 Å². The maximum Gasteiger partial charge on any atom is 0.249 e. The minimum atomic E-state index is -1.27. The van der Waals surface area contributed by atoms with E-state index in [9.17, 15) is 25.2 Å². The molecule has 5 N–H and O–H groups in total. The molecule has 0 aliphatic carbocycles. The lowest BCUT2D eigenvalue weighted by molar-refractivity contribution is -0.132. The Morgan fingerprint density at radius 1 is 0.521 bits per heavy atom. The van der Waals surface area contributed by atoms with Crippen LogP contribution < -0.4 is 5.32 Å². The van der Waals surface area contributed by atoms with Gasteiger partial charge in [-0.2, -0.15) is 0 Å². The molecule has 0 fully saturated rings. The molecule has 0 radical (unpaired) electrons. The van der Waals surface area contributed by atoms with Crippen LogP contribution in [0.3, 0.4) is 0 Å². The van der Waals surface area contributed by atoms with E-state index in [0.29, 0.717) is 6.42 Å². The Kier molecular flexibility index (Phi) is 36.6. The van der Waals surface area contributed by atoms with Crippen molar-refractivity contribution in [2.24, 2.45) is 0 Å². The lowest BCUT2D eigenvalue weighted by Gasteiger charge is -2.27. The summed E-state index contributed by atoms with van der Waals surface area (Å²) in [4.78, 5) is 12.4. The van der Waals surface area contributed by atoms with E-state index in [1.54, 1.807) is 0 Å². The fourth-order valence-electron chi connectivity index (χ4n) is 6.59. The predicted molar refractivity (Wildman–Crippen MR) is 205 cm³/mol. The van der Waals surface area contributed by atoms with Gasteiger partial charge in [-0.1, -0.05) is 206 Å². The molecule has 0 aromatic carbocycles. The van der Waals surface area contributed by atoms with Crippen LogP contribution in [0.4, 0.5) is 0 Å². The zero-order chi connectivity index (χ0) is 35.3. The van der Waals surface area contributed by atoms with Crippen LogP contribution in [-0.4, -0.2) is 57.3 Å². The van der Waals surface area contributed by atoms with Crippen LogP contribution in [0.1, 0.15) is 219 Å². The van der Waals surface area contributed by atoms with Crippen molar-refractivity contribution in [3.63, 3.8) is 0 Å². The van der Waals surface area contributed by atoms with Gasteiger partial charge in [-0.05, 0) is 19.3 Å². The summed E-state index contributed by atoms with van der Waals surface area (Å²) in [6, 6.07) is -1.00. The first-order valence-corrected chi connectivity index (χ1v) is 21.1. The topological polar surface area (TPSA) is 110 Å². The van der Waals surface area contributed by atoms with Gasteiger partial charge in [-0.15, -0.1) is 0 Å². The largest absolute Gasteiger partial charge is 0.394 e. The molecule has 0 saturated heterocycles. The number of hydrogen-bond donors (Lipinski definition) is 5. The quantitative estimate of drug-likeness (QED) is 0.0329. The first-order valence-electron chi connectivity index (χ1n) is 21.1. The maximum atomic E-state index is 12.4. The SMILES string of the molecule is CCCCCCCCCCCCCC=CCC(O)C(=O)NC(CO)C(O)C(O)CCCCCCCCCCCCCCCCCCCC. The van der Waals surface area contributed by atoms with E-state index < -0.39 is 36.9 Å². The molecular formula is C42H83NO5. The fourth-order valence-corrected chi connectivity index (χ4v) is 6.59. The van der Waals surface area contributed by atoms with Gasteiger partial charge in [0.25, 0.3) is 0 Å². The van der Waals surface area contributed by atoms with Gasteiger partial charge < -0.3 is 25.7 Å². The van der Waals surface area contributed by atoms with E-state index in [1.165, 1.54) is 161 Å². The van der Waals surface area contributed by atoms with Gasteiger partial charge in [-0.25, -0.2) is 0 Å². The molecule has 4 atom stereocenters. The monoisotopic (exact) mass is 682 g/mol. The van der Waals surface area contributed by atoms with Crippen LogP contribution in [0.25, 0.3) is 0 Å². The third kappa shape index (κ3) is 31.1. The molecule has 0 aromatic heterocycles. The molecule has 0 aliphatic rings. The summed E-state index contributed by atoms with van der Waals surface area (Å²) in [7, 11) is 0. The number of aliphatic hydroxyl groups excluding tert-OH is 4. The number of carbonyl (C=O) groups excluding carboxylic acids is 1. The number of unbranched alkanes of at least 4 members (excludes halogenated alkanes) is 28. The van der Waals surface area contributed by atoms with Crippen LogP contribution in [-0.2, 0) is 4.79 Å². The number of hydrogen-bond acceptors (Lipinski definition) is 5. The fraction of sp³-hybridized carbons (Fsp3) is 0.929. The molecule has 48 heavy (non-hydrogen) atoms. The Morgan fingerprint density at radius 3 is 1.25 bits per heavy atom. The van der Waals surface area contributed by atoms with Crippen molar-refractivity contribution in [1.29, 1.82) is 0 Å². The van der Waals surface area contributed by atoms with Crippen molar-refractivity contribution in [3.8, 4) is 0 Å². The molecule has 6 heteroatoms.